The van der Waals surface area contributed by atoms with Gasteiger partial charge < -0.3 is 10.2 Å². The van der Waals surface area contributed by atoms with Gasteiger partial charge in [-0.2, -0.15) is 0 Å². The molecule has 22 heavy (non-hydrogen) atoms. The first-order valence-electron chi connectivity index (χ1n) is 7.80. The van der Waals surface area contributed by atoms with Crippen LogP contribution in [0.1, 0.15) is 31.7 Å². The summed E-state index contributed by atoms with van der Waals surface area (Å²) in [5, 5.41) is 3.42. The predicted octanol–water partition coefficient (Wildman–Crippen LogP) is 3.07. The van der Waals surface area contributed by atoms with E-state index >= 15 is 0 Å². The second-order valence-electron chi connectivity index (χ2n) is 5.64. The van der Waals surface area contributed by atoms with Gasteiger partial charge in [0.25, 0.3) is 0 Å². The summed E-state index contributed by atoms with van der Waals surface area (Å²) in [6.07, 6.45) is 5.70. The summed E-state index contributed by atoms with van der Waals surface area (Å²) in [4.78, 5) is 15.2. The van der Waals surface area contributed by atoms with Crippen LogP contribution in [-0.2, 0) is 6.42 Å². The monoisotopic (exact) mass is 299 g/mol. The van der Waals surface area contributed by atoms with Crippen LogP contribution < -0.4 is 10.2 Å². The quantitative estimate of drug-likeness (QED) is 0.851. The number of rotatable bonds is 7. The minimum Gasteiger partial charge on any atom is -0.367 e. The highest BCUT2D eigenvalue weighted by molar-refractivity contribution is 5.49. The Hall–Kier alpha value is -2.17. The van der Waals surface area contributed by atoms with Crippen molar-refractivity contribution in [2.24, 2.45) is 0 Å². The van der Waals surface area contributed by atoms with Crippen molar-refractivity contribution in [3.63, 3.8) is 0 Å². The van der Waals surface area contributed by atoms with Gasteiger partial charge in [-0.05, 0) is 44.4 Å². The lowest BCUT2D eigenvalue weighted by molar-refractivity contribution is 0.755. The molecule has 2 heterocycles. The fourth-order valence-electron chi connectivity index (χ4n) is 2.14. The molecule has 0 saturated carbocycles. The Labute approximate surface area is 132 Å². The van der Waals surface area contributed by atoms with Gasteiger partial charge in [-0.3, -0.25) is 4.98 Å². The van der Waals surface area contributed by atoms with Crippen molar-refractivity contribution < 1.29 is 0 Å². The van der Waals surface area contributed by atoms with E-state index in [1.807, 2.05) is 25.4 Å². The highest BCUT2D eigenvalue weighted by Crippen LogP contribution is 2.16. The van der Waals surface area contributed by atoms with Crippen molar-refractivity contribution in [2.75, 3.05) is 23.8 Å². The average Bonchev–Trinajstić information content (AvgIpc) is 2.52. The first kappa shape index (κ1) is 16.2. The van der Waals surface area contributed by atoms with Gasteiger partial charge in [0.2, 0.25) is 0 Å². The number of nitrogens with one attached hydrogen (secondary N) is 1. The molecule has 0 aromatic carbocycles. The molecule has 0 aliphatic heterocycles. The van der Waals surface area contributed by atoms with Gasteiger partial charge in [0.1, 0.15) is 17.5 Å². The van der Waals surface area contributed by atoms with Crippen LogP contribution in [0.4, 0.5) is 11.6 Å². The Balaban J connectivity index is 2.03. The molecule has 0 spiro atoms. The average molecular weight is 299 g/mol. The van der Waals surface area contributed by atoms with Crippen LogP contribution in [0.2, 0.25) is 0 Å². The fraction of sp³-hybridized carbons (Fsp3) is 0.471. The highest BCUT2D eigenvalue weighted by atomic mass is 15.2. The third-order valence-corrected chi connectivity index (χ3v) is 3.71. The number of likely N-dealkylation sites (N-methyl/N-ethyl adjacent to an activating group) is 1. The second kappa shape index (κ2) is 7.73. The van der Waals surface area contributed by atoms with E-state index in [-0.39, 0.29) is 0 Å². The zero-order valence-corrected chi connectivity index (χ0v) is 13.9. The van der Waals surface area contributed by atoms with E-state index < -0.39 is 0 Å². The van der Waals surface area contributed by atoms with Gasteiger partial charge >= 0.3 is 0 Å². The molecule has 2 aromatic heterocycles. The van der Waals surface area contributed by atoms with Crippen LogP contribution in [0.5, 0.6) is 0 Å². The Morgan fingerprint density at radius 2 is 1.95 bits per heavy atom. The predicted molar refractivity (Wildman–Crippen MR) is 91.4 cm³/mol. The molecule has 5 heteroatoms. The molecule has 0 saturated heterocycles. The molecular formula is C17H25N5. The summed E-state index contributed by atoms with van der Waals surface area (Å²) in [5.41, 5.74) is 1.28. The minimum atomic E-state index is 0.407. The van der Waals surface area contributed by atoms with Crippen molar-refractivity contribution in [3.8, 4) is 0 Å². The van der Waals surface area contributed by atoms with Gasteiger partial charge in [0.05, 0.1) is 0 Å². The maximum absolute atomic E-state index is 4.54. The minimum absolute atomic E-state index is 0.407. The summed E-state index contributed by atoms with van der Waals surface area (Å²) in [6.45, 7) is 7.16. The topological polar surface area (TPSA) is 53.9 Å². The standard InChI is InChI=1S/C17H25N5/c1-5-13(2)19-16-12-17(21-14(3)20-16)22(4)11-8-15-6-9-18-10-7-15/h6-7,9-10,12-13H,5,8,11H2,1-4H3,(H,19,20,21). The van der Waals surface area contributed by atoms with Gasteiger partial charge in [-0.15, -0.1) is 0 Å². The fourth-order valence-corrected chi connectivity index (χ4v) is 2.14. The molecular weight excluding hydrogens is 274 g/mol. The third kappa shape index (κ3) is 4.69. The number of aryl methyl sites for hydroxylation is 1. The van der Waals surface area contributed by atoms with Crippen molar-refractivity contribution >= 4 is 11.6 Å². The van der Waals surface area contributed by atoms with E-state index in [1.54, 1.807) is 0 Å². The molecule has 0 fully saturated rings. The molecule has 118 valence electrons. The van der Waals surface area contributed by atoms with E-state index in [0.717, 1.165) is 36.8 Å². The van der Waals surface area contributed by atoms with E-state index in [4.69, 9.17) is 0 Å². The van der Waals surface area contributed by atoms with Crippen LogP contribution in [-0.4, -0.2) is 34.6 Å². The number of aromatic nitrogens is 3. The zero-order chi connectivity index (χ0) is 15.9. The van der Waals surface area contributed by atoms with Crippen LogP contribution in [0.3, 0.4) is 0 Å². The molecule has 1 atom stereocenters. The molecule has 2 aromatic rings. The van der Waals surface area contributed by atoms with Gasteiger partial charge in [0.15, 0.2) is 0 Å². The number of nitrogens with zero attached hydrogens (tertiary/aromatic N) is 4. The molecule has 0 bridgehead atoms. The zero-order valence-electron chi connectivity index (χ0n) is 13.9. The number of hydrogen-bond acceptors (Lipinski definition) is 5. The van der Waals surface area contributed by atoms with Gasteiger partial charge in [-0.1, -0.05) is 6.92 Å². The lowest BCUT2D eigenvalue weighted by Crippen LogP contribution is -2.23. The van der Waals surface area contributed by atoms with E-state index in [2.05, 4.69) is 58.2 Å². The third-order valence-electron chi connectivity index (χ3n) is 3.71. The Bertz CT molecular complexity index is 585. The lowest BCUT2D eigenvalue weighted by Gasteiger charge is -2.20. The Kier molecular flexibility index (Phi) is 5.69. The Morgan fingerprint density at radius 1 is 1.23 bits per heavy atom. The van der Waals surface area contributed by atoms with Crippen LogP contribution in [0.15, 0.2) is 30.6 Å². The van der Waals surface area contributed by atoms with Crippen LogP contribution in [0, 0.1) is 6.92 Å². The molecule has 0 radical (unpaired) electrons. The number of anilines is 2. The Morgan fingerprint density at radius 3 is 2.64 bits per heavy atom. The van der Waals surface area contributed by atoms with Crippen molar-refractivity contribution in [1.82, 2.24) is 15.0 Å². The van der Waals surface area contributed by atoms with Gasteiger partial charge in [-0.25, -0.2) is 9.97 Å². The maximum Gasteiger partial charge on any atom is 0.134 e. The number of hydrogen-bond donors (Lipinski definition) is 1. The molecule has 5 nitrogen and oxygen atoms in total. The first-order valence-corrected chi connectivity index (χ1v) is 7.80. The molecule has 1 unspecified atom stereocenters. The van der Waals surface area contributed by atoms with Crippen LogP contribution >= 0.6 is 0 Å². The van der Waals surface area contributed by atoms with Crippen LogP contribution in [0.25, 0.3) is 0 Å². The molecule has 0 aliphatic rings. The van der Waals surface area contributed by atoms with E-state index in [1.165, 1.54) is 5.56 Å². The second-order valence-corrected chi connectivity index (χ2v) is 5.64. The summed E-state index contributed by atoms with van der Waals surface area (Å²) < 4.78 is 0. The summed E-state index contributed by atoms with van der Waals surface area (Å²) >= 11 is 0. The summed E-state index contributed by atoms with van der Waals surface area (Å²) in [6, 6.07) is 6.53. The van der Waals surface area contributed by atoms with Crippen molar-refractivity contribution in [3.05, 3.63) is 42.0 Å². The first-order chi connectivity index (χ1) is 10.6. The van der Waals surface area contributed by atoms with Gasteiger partial charge in [0, 0.05) is 38.1 Å². The molecule has 0 amide bonds. The highest BCUT2D eigenvalue weighted by Gasteiger charge is 2.08. The maximum atomic E-state index is 4.54. The normalized spacial score (nSPS) is 12.0. The smallest absolute Gasteiger partial charge is 0.134 e. The molecule has 2 rings (SSSR count). The van der Waals surface area contributed by atoms with Crippen molar-refractivity contribution in [1.29, 1.82) is 0 Å². The summed E-state index contributed by atoms with van der Waals surface area (Å²) in [7, 11) is 2.07. The molecule has 0 aliphatic carbocycles. The lowest BCUT2D eigenvalue weighted by atomic mass is 10.2. The number of pyridine rings is 1. The van der Waals surface area contributed by atoms with E-state index in [9.17, 15) is 0 Å². The van der Waals surface area contributed by atoms with Crippen molar-refractivity contribution in [2.45, 2.75) is 39.7 Å². The molecule has 1 N–H and O–H groups in total. The van der Waals surface area contributed by atoms with E-state index in [0.29, 0.717) is 6.04 Å². The summed E-state index contributed by atoms with van der Waals surface area (Å²) in [5.74, 6) is 2.64. The largest absolute Gasteiger partial charge is 0.367 e. The SMILES string of the molecule is CCC(C)Nc1cc(N(C)CCc2ccncc2)nc(C)n1.